The molecule has 0 aromatic heterocycles. The summed E-state index contributed by atoms with van der Waals surface area (Å²) >= 11 is 0. The van der Waals surface area contributed by atoms with Gasteiger partial charge in [-0.3, -0.25) is 0 Å². The van der Waals surface area contributed by atoms with Crippen molar-refractivity contribution in [1.29, 1.82) is 0 Å². The fourth-order valence-electron chi connectivity index (χ4n) is 6.54. The Kier molecular flexibility index (Phi) is 5.22. The molecule has 4 aromatic carbocycles. The predicted octanol–water partition coefficient (Wildman–Crippen LogP) is 9.88. The monoisotopic (exact) mass is 474 g/mol. The molecule has 0 heterocycles. The zero-order valence-electron chi connectivity index (χ0n) is 21.4. The van der Waals surface area contributed by atoms with Crippen molar-refractivity contribution in [3.8, 4) is 11.1 Å². The minimum Gasteiger partial charge on any atom is -0.0801 e. The number of rotatable bonds is 2. The summed E-state index contributed by atoms with van der Waals surface area (Å²) in [4.78, 5) is 0. The lowest BCUT2D eigenvalue weighted by atomic mass is 9.73. The van der Waals surface area contributed by atoms with E-state index >= 15 is 0 Å². The lowest BCUT2D eigenvalue weighted by Crippen LogP contribution is -2.16. The normalized spacial score (nSPS) is 20.2. The average Bonchev–Trinajstić information content (AvgIpc) is 3.13. The van der Waals surface area contributed by atoms with Crippen molar-refractivity contribution >= 4 is 33.2 Å². The summed E-state index contributed by atoms with van der Waals surface area (Å²) in [6.45, 7) is 4.56. The third-order valence-corrected chi connectivity index (χ3v) is 8.27. The van der Waals surface area contributed by atoms with Gasteiger partial charge in [-0.1, -0.05) is 134 Å². The minimum absolute atomic E-state index is 0.427. The van der Waals surface area contributed by atoms with E-state index < -0.39 is 0 Å². The van der Waals surface area contributed by atoms with E-state index in [1.807, 2.05) is 0 Å². The Morgan fingerprint density at radius 2 is 1.46 bits per heavy atom. The molecule has 0 saturated carbocycles. The van der Waals surface area contributed by atoms with Gasteiger partial charge in [0.05, 0.1) is 0 Å². The molecule has 3 aliphatic rings. The Hall–Kier alpha value is -4.16. The van der Waals surface area contributed by atoms with Crippen LogP contribution in [-0.4, -0.2) is 0 Å². The third kappa shape index (κ3) is 3.51. The Balaban J connectivity index is 1.65. The van der Waals surface area contributed by atoms with Gasteiger partial charge in [-0.25, -0.2) is 0 Å². The lowest BCUT2D eigenvalue weighted by molar-refractivity contribution is 0.585. The lowest BCUT2D eigenvalue weighted by Gasteiger charge is -2.30. The largest absolute Gasteiger partial charge is 0.0801 e. The fourth-order valence-corrected chi connectivity index (χ4v) is 6.54. The van der Waals surface area contributed by atoms with Crippen molar-refractivity contribution in [2.45, 2.75) is 20.3 Å². The molecule has 0 saturated heterocycles. The van der Waals surface area contributed by atoms with Gasteiger partial charge >= 0.3 is 0 Å². The second kappa shape index (κ2) is 8.75. The van der Waals surface area contributed by atoms with Crippen molar-refractivity contribution in [3.05, 3.63) is 143 Å². The van der Waals surface area contributed by atoms with Crippen LogP contribution in [0.15, 0.2) is 126 Å². The quantitative estimate of drug-likeness (QED) is 0.271. The van der Waals surface area contributed by atoms with Crippen LogP contribution in [0.2, 0.25) is 0 Å². The Labute approximate surface area is 219 Å². The Morgan fingerprint density at radius 3 is 2.32 bits per heavy atom. The molecule has 0 heteroatoms. The van der Waals surface area contributed by atoms with Crippen LogP contribution in [0.25, 0.3) is 44.3 Å². The maximum absolute atomic E-state index is 2.42. The van der Waals surface area contributed by atoms with Gasteiger partial charge in [-0.05, 0) is 79.8 Å². The van der Waals surface area contributed by atoms with Crippen LogP contribution in [0.1, 0.15) is 30.5 Å². The first kappa shape index (κ1) is 22.1. The molecule has 2 unspecified atom stereocenters. The highest BCUT2D eigenvalue weighted by atomic mass is 14.3. The van der Waals surface area contributed by atoms with Gasteiger partial charge < -0.3 is 0 Å². The maximum atomic E-state index is 2.42. The summed E-state index contributed by atoms with van der Waals surface area (Å²) in [6.07, 6.45) is 21.9. The second-order valence-electron chi connectivity index (χ2n) is 10.6. The zero-order chi connectivity index (χ0) is 24.9. The van der Waals surface area contributed by atoms with E-state index in [2.05, 4.69) is 135 Å². The van der Waals surface area contributed by atoms with E-state index in [1.54, 1.807) is 0 Å². The summed E-state index contributed by atoms with van der Waals surface area (Å²) in [6, 6.07) is 24.6. The average molecular weight is 475 g/mol. The number of allylic oxidation sites excluding steroid dienone is 11. The molecule has 2 atom stereocenters. The molecule has 0 amide bonds. The highest BCUT2D eigenvalue weighted by molar-refractivity contribution is 6.13. The molecule has 0 nitrogen and oxygen atoms in total. The van der Waals surface area contributed by atoms with E-state index in [0.29, 0.717) is 11.8 Å². The molecule has 7 rings (SSSR count). The van der Waals surface area contributed by atoms with E-state index in [0.717, 1.165) is 6.42 Å². The molecule has 0 aliphatic heterocycles. The second-order valence-corrected chi connectivity index (χ2v) is 10.6. The number of hydrogen-bond donors (Lipinski definition) is 0. The van der Waals surface area contributed by atoms with Crippen molar-refractivity contribution in [2.75, 3.05) is 0 Å². The Bertz CT molecular complexity index is 1760. The summed E-state index contributed by atoms with van der Waals surface area (Å²) in [5, 5.41) is 5.26. The minimum atomic E-state index is 0.427. The molecule has 178 valence electrons. The summed E-state index contributed by atoms with van der Waals surface area (Å²) in [5.41, 5.74) is 11.0. The van der Waals surface area contributed by atoms with E-state index in [-0.39, 0.29) is 0 Å². The Morgan fingerprint density at radius 1 is 0.703 bits per heavy atom. The van der Waals surface area contributed by atoms with Crippen molar-refractivity contribution in [1.82, 2.24) is 0 Å². The van der Waals surface area contributed by atoms with Gasteiger partial charge in [-0.2, -0.15) is 0 Å². The van der Waals surface area contributed by atoms with Crippen LogP contribution < -0.4 is 0 Å². The van der Waals surface area contributed by atoms with Crippen molar-refractivity contribution in [2.24, 2.45) is 11.8 Å². The highest BCUT2D eigenvalue weighted by Crippen LogP contribution is 2.47. The maximum Gasteiger partial charge on any atom is 0.00875 e. The van der Waals surface area contributed by atoms with Gasteiger partial charge in [0.2, 0.25) is 0 Å². The number of benzene rings is 4. The van der Waals surface area contributed by atoms with Crippen molar-refractivity contribution in [3.63, 3.8) is 0 Å². The van der Waals surface area contributed by atoms with Gasteiger partial charge in [0, 0.05) is 5.92 Å². The van der Waals surface area contributed by atoms with Crippen LogP contribution in [0.5, 0.6) is 0 Å². The molecule has 3 aliphatic carbocycles. The molecule has 0 bridgehead atoms. The molecule has 4 aromatic rings. The number of fused-ring (bicyclic) bond motifs is 4. The van der Waals surface area contributed by atoms with Crippen LogP contribution in [-0.2, 0) is 6.42 Å². The van der Waals surface area contributed by atoms with Gasteiger partial charge in [-0.15, -0.1) is 0 Å². The van der Waals surface area contributed by atoms with E-state index in [4.69, 9.17) is 0 Å². The van der Waals surface area contributed by atoms with E-state index in [1.165, 1.54) is 66.1 Å². The standard InChI is InChI=1S/C37H30/c1-24-11-9-19-33-35(23-24)37(30-20-10-13-26-12-3-4-15-28(26)30)32-18-8-7-17-31(32)36(33)34-22-21-25(2)27-14-5-6-16-29(27)34/h3-18,20-23,25,27H,19H2,1-2H3. The van der Waals surface area contributed by atoms with Gasteiger partial charge in [0.15, 0.2) is 0 Å². The molecule has 0 radical (unpaired) electrons. The predicted molar refractivity (Wildman–Crippen MR) is 160 cm³/mol. The van der Waals surface area contributed by atoms with Crippen LogP contribution in [0, 0.1) is 11.8 Å². The first-order valence-electron chi connectivity index (χ1n) is 13.4. The van der Waals surface area contributed by atoms with Crippen LogP contribution in [0.3, 0.4) is 0 Å². The third-order valence-electron chi connectivity index (χ3n) is 8.27. The SMILES string of the molecule is CC1=Cc2c(c(C3=C4C=CC=CC4C(C)C=C3)c3ccccc3c2-c2cccc3ccccc23)CC=C1. The molecule has 37 heavy (non-hydrogen) atoms. The van der Waals surface area contributed by atoms with Crippen LogP contribution >= 0.6 is 0 Å². The molecular weight excluding hydrogens is 444 g/mol. The van der Waals surface area contributed by atoms with E-state index in [9.17, 15) is 0 Å². The summed E-state index contributed by atoms with van der Waals surface area (Å²) in [5.74, 6) is 0.928. The molecule has 0 fully saturated rings. The smallest absolute Gasteiger partial charge is 0.00875 e. The topological polar surface area (TPSA) is 0 Å². The zero-order valence-corrected chi connectivity index (χ0v) is 21.4. The molecule has 0 spiro atoms. The molecule has 0 N–H and O–H groups in total. The first-order chi connectivity index (χ1) is 18.2. The fraction of sp³-hybridized carbons (Fsp3) is 0.135. The van der Waals surface area contributed by atoms with Crippen LogP contribution in [0.4, 0.5) is 0 Å². The first-order valence-corrected chi connectivity index (χ1v) is 13.4. The van der Waals surface area contributed by atoms with Gasteiger partial charge in [0.25, 0.3) is 0 Å². The summed E-state index contributed by atoms with van der Waals surface area (Å²) in [7, 11) is 0. The summed E-state index contributed by atoms with van der Waals surface area (Å²) < 4.78 is 0. The van der Waals surface area contributed by atoms with Gasteiger partial charge in [0.1, 0.15) is 0 Å². The number of hydrogen-bond acceptors (Lipinski definition) is 0. The van der Waals surface area contributed by atoms with Crippen molar-refractivity contribution < 1.29 is 0 Å². The highest BCUT2D eigenvalue weighted by Gasteiger charge is 2.28. The molecular formula is C37H30.